The summed E-state index contributed by atoms with van der Waals surface area (Å²) in [6.45, 7) is 0.388. The van der Waals surface area contributed by atoms with Crippen LogP contribution in [0.25, 0.3) is 10.9 Å². The van der Waals surface area contributed by atoms with Crippen LogP contribution in [0.4, 0.5) is 4.39 Å². The maximum Gasteiger partial charge on any atom is 0.261 e. The zero-order valence-electron chi connectivity index (χ0n) is 16.2. The molecule has 1 heterocycles. The number of nitrogens with zero attached hydrogens (tertiary/aromatic N) is 2. The number of methoxy groups -OCH3 is 3. The van der Waals surface area contributed by atoms with Gasteiger partial charge in [0.15, 0.2) is 11.5 Å². The number of amides is 1. The topological polar surface area (TPSA) is 91.7 Å². The third-order valence-electron chi connectivity index (χ3n) is 4.37. The molecule has 0 atom stereocenters. The maximum absolute atomic E-state index is 12.9. The standard InChI is InChI=1S/C20H20FN3O5/c1-27-15-10-14-16(18(29-3)17(15)28-2)23-11-24(20(14)26)9-8-22-19(25)12-4-6-13(21)7-5-12/h4-7,10-11H,8-9H2,1-3H3,(H,22,25). The predicted molar refractivity (Wildman–Crippen MR) is 104 cm³/mol. The van der Waals surface area contributed by atoms with Crippen LogP contribution >= 0.6 is 0 Å². The number of halogens is 1. The molecule has 0 saturated carbocycles. The lowest BCUT2D eigenvalue weighted by atomic mass is 10.2. The van der Waals surface area contributed by atoms with E-state index in [1.807, 2.05) is 0 Å². The molecule has 29 heavy (non-hydrogen) atoms. The molecule has 0 bridgehead atoms. The second kappa shape index (κ2) is 8.59. The van der Waals surface area contributed by atoms with Gasteiger partial charge in [-0.1, -0.05) is 0 Å². The number of benzene rings is 2. The second-order valence-corrected chi connectivity index (χ2v) is 6.05. The molecule has 0 aliphatic heterocycles. The fourth-order valence-corrected chi connectivity index (χ4v) is 2.92. The van der Waals surface area contributed by atoms with E-state index in [1.165, 1.54) is 56.5 Å². The number of ether oxygens (including phenoxy) is 3. The largest absolute Gasteiger partial charge is 0.493 e. The van der Waals surface area contributed by atoms with Crippen molar-refractivity contribution in [3.63, 3.8) is 0 Å². The van der Waals surface area contributed by atoms with E-state index >= 15 is 0 Å². The van der Waals surface area contributed by atoms with E-state index in [9.17, 15) is 14.0 Å². The van der Waals surface area contributed by atoms with Crippen LogP contribution in [0.15, 0.2) is 41.5 Å². The monoisotopic (exact) mass is 401 g/mol. The second-order valence-electron chi connectivity index (χ2n) is 6.05. The van der Waals surface area contributed by atoms with Crippen LogP contribution in [0.3, 0.4) is 0 Å². The van der Waals surface area contributed by atoms with Gasteiger partial charge in [-0.2, -0.15) is 0 Å². The van der Waals surface area contributed by atoms with Crippen LogP contribution in [0.1, 0.15) is 10.4 Å². The van der Waals surface area contributed by atoms with Gasteiger partial charge in [0.05, 0.1) is 33.0 Å². The maximum atomic E-state index is 12.9. The molecule has 0 fully saturated rings. The summed E-state index contributed by atoms with van der Waals surface area (Å²) in [5.74, 6) is 0.213. The lowest BCUT2D eigenvalue weighted by molar-refractivity contribution is 0.0952. The number of rotatable bonds is 7. The highest BCUT2D eigenvalue weighted by atomic mass is 19.1. The zero-order chi connectivity index (χ0) is 21.0. The van der Waals surface area contributed by atoms with E-state index in [0.717, 1.165) is 0 Å². The molecular formula is C20H20FN3O5. The smallest absolute Gasteiger partial charge is 0.261 e. The number of aromatic nitrogens is 2. The first-order chi connectivity index (χ1) is 14.0. The van der Waals surface area contributed by atoms with Crippen molar-refractivity contribution in [3.8, 4) is 17.2 Å². The Morgan fingerprint density at radius 3 is 2.41 bits per heavy atom. The van der Waals surface area contributed by atoms with Crippen molar-refractivity contribution in [2.24, 2.45) is 0 Å². The molecule has 1 amide bonds. The van der Waals surface area contributed by atoms with Crippen molar-refractivity contribution in [1.82, 2.24) is 14.9 Å². The molecule has 0 aliphatic rings. The highest BCUT2D eigenvalue weighted by Crippen LogP contribution is 2.41. The van der Waals surface area contributed by atoms with Gasteiger partial charge in [0.1, 0.15) is 11.3 Å². The van der Waals surface area contributed by atoms with Crippen LogP contribution in [-0.2, 0) is 6.54 Å². The molecule has 1 N–H and O–H groups in total. The predicted octanol–water partition coefficient (Wildman–Crippen LogP) is 1.99. The Balaban J connectivity index is 1.83. The molecule has 8 nitrogen and oxygen atoms in total. The number of carbonyl (C=O) groups excluding carboxylic acids is 1. The summed E-state index contributed by atoms with van der Waals surface area (Å²) in [7, 11) is 4.38. The fourth-order valence-electron chi connectivity index (χ4n) is 2.92. The third-order valence-corrected chi connectivity index (χ3v) is 4.37. The van der Waals surface area contributed by atoms with Gasteiger partial charge in [-0.25, -0.2) is 9.37 Å². The molecule has 2 aromatic carbocycles. The normalized spacial score (nSPS) is 10.6. The summed E-state index contributed by atoms with van der Waals surface area (Å²) in [5, 5.41) is 2.99. The highest BCUT2D eigenvalue weighted by Gasteiger charge is 2.19. The minimum Gasteiger partial charge on any atom is -0.493 e. The Morgan fingerprint density at radius 2 is 1.79 bits per heavy atom. The van der Waals surface area contributed by atoms with E-state index in [2.05, 4.69) is 10.3 Å². The summed E-state index contributed by atoms with van der Waals surface area (Å²) >= 11 is 0. The molecule has 0 saturated heterocycles. The summed E-state index contributed by atoms with van der Waals surface area (Å²) < 4.78 is 30.3. The Labute approximate surface area is 165 Å². The van der Waals surface area contributed by atoms with Crippen molar-refractivity contribution in [2.45, 2.75) is 6.54 Å². The SMILES string of the molecule is COc1cc2c(=O)n(CCNC(=O)c3ccc(F)cc3)cnc2c(OC)c1OC. The van der Waals surface area contributed by atoms with Crippen LogP contribution in [-0.4, -0.2) is 43.3 Å². The fraction of sp³-hybridized carbons (Fsp3) is 0.250. The molecule has 0 radical (unpaired) electrons. The highest BCUT2D eigenvalue weighted by molar-refractivity contribution is 5.94. The first kappa shape index (κ1) is 20.1. The summed E-state index contributed by atoms with van der Waals surface area (Å²) in [5.41, 5.74) is 0.365. The molecule has 3 rings (SSSR count). The van der Waals surface area contributed by atoms with Crippen LogP contribution in [0, 0.1) is 5.82 Å². The van der Waals surface area contributed by atoms with Crippen LogP contribution in [0.2, 0.25) is 0 Å². The van der Waals surface area contributed by atoms with Gasteiger partial charge in [0.2, 0.25) is 5.75 Å². The van der Waals surface area contributed by atoms with Gasteiger partial charge >= 0.3 is 0 Å². The van der Waals surface area contributed by atoms with Crippen LogP contribution in [0.5, 0.6) is 17.2 Å². The van der Waals surface area contributed by atoms with Crippen LogP contribution < -0.4 is 25.1 Å². The van der Waals surface area contributed by atoms with Gasteiger partial charge in [0, 0.05) is 18.7 Å². The van der Waals surface area contributed by atoms with Crippen molar-refractivity contribution in [3.05, 3.63) is 58.4 Å². The Kier molecular flexibility index (Phi) is 5.96. The Morgan fingerprint density at radius 1 is 1.10 bits per heavy atom. The molecule has 0 unspecified atom stereocenters. The number of nitrogens with one attached hydrogen (secondary N) is 1. The first-order valence-electron chi connectivity index (χ1n) is 8.72. The van der Waals surface area contributed by atoms with Gasteiger partial charge < -0.3 is 19.5 Å². The molecule has 3 aromatic rings. The van der Waals surface area contributed by atoms with E-state index in [-0.39, 0.29) is 24.6 Å². The lowest BCUT2D eigenvalue weighted by Gasteiger charge is -2.15. The van der Waals surface area contributed by atoms with Crippen molar-refractivity contribution >= 4 is 16.8 Å². The molecule has 152 valence electrons. The summed E-state index contributed by atoms with van der Waals surface area (Å²) in [4.78, 5) is 29.3. The minimum absolute atomic E-state index is 0.188. The summed E-state index contributed by atoms with van der Waals surface area (Å²) in [6.07, 6.45) is 1.38. The van der Waals surface area contributed by atoms with Crippen molar-refractivity contribution in [2.75, 3.05) is 27.9 Å². The zero-order valence-corrected chi connectivity index (χ0v) is 16.2. The molecule has 0 spiro atoms. The van der Waals surface area contributed by atoms with E-state index < -0.39 is 5.82 Å². The average molecular weight is 401 g/mol. The number of hydrogen-bond donors (Lipinski definition) is 1. The van der Waals surface area contributed by atoms with Crippen molar-refractivity contribution < 1.29 is 23.4 Å². The molecule has 1 aromatic heterocycles. The number of fused-ring (bicyclic) bond motifs is 1. The van der Waals surface area contributed by atoms with E-state index in [1.54, 1.807) is 6.07 Å². The Hall–Kier alpha value is -3.62. The molecule has 9 heteroatoms. The lowest BCUT2D eigenvalue weighted by Crippen LogP contribution is -2.31. The average Bonchev–Trinajstić information content (AvgIpc) is 2.74. The Bertz CT molecular complexity index is 1100. The van der Waals surface area contributed by atoms with E-state index in [4.69, 9.17) is 14.2 Å². The number of carbonyl (C=O) groups is 1. The van der Waals surface area contributed by atoms with Gasteiger partial charge in [0.25, 0.3) is 11.5 Å². The van der Waals surface area contributed by atoms with Crippen molar-refractivity contribution in [1.29, 1.82) is 0 Å². The quantitative estimate of drug-likeness (QED) is 0.651. The van der Waals surface area contributed by atoms with Gasteiger partial charge in [-0.3, -0.25) is 14.2 Å². The molecule has 0 aliphatic carbocycles. The number of hydrogen-bond acceptors (Lipinski definition) is 6. The van der Waals surface area contributed by atoms with Gasteiger partial charge in [-0.15, -0.1) is 0 Å². The minimum atomic E-state index is -0.419. The summed E-state index contributed by atoms with van der Waals surface area (Å²) in [6, 6.07) is 6.74. The van der Waals surface area contributed by atoms with Gasteiger partial charge in [-0.05, 0) is 30.3 Å². The first-order valence-corrected chi connectivity index (χ1v) is 8.72. The molecular weight excluding hydrogens is 381 g/mol. The van der Waals surface area contributed by atoms with E-state index in [0.29, 0.717) is 33.7 Å². The third kappa shape index (κ3) is 3.98.